The standard InChI is InChI=1S/C20H28N4OS/c1-14-10-12-18(13-11-14)24-16(3)21-22-20(24)26-15(2)19(25)23(4)17-8-6-5-7-9-17/h10-13,15,17H,5-9H2,1-4H3. The van der Waals surface area contributed by atoms with Gasteiger partial charge in [0.2, 0.25) is 5.91 Å². The predicted molar refractivity (Wildman–Crippen MR) is 106 cm³/mol. The van der Waals surface area contributed by atoms with Crippen LogP contribution >= 0.6 is 11.8 Å². The van der Waals surface area contributed by atoms with Gasteiger partial charge in [-0.3, -0.25) is 9.36 Å². The van der Waals surface area contributed by atoms with Crippen LogP contribution in [0.1, 0.15) is 50.4 Å². The van der Waals surface area contributed by atoms with Crippen LogP contribution in [0.5, 0.6) is 0 Å². The van der Waals surface area contributed by atoms with Crippen LogP contribution in [0.15, 0.2) is 29.4 Å². The van der Waals surface area contributed by atoms with Gasteiger partial charge in [-0.1, -0.05) is 48.7 Å². The summed E-state index contributed by atoms with van der Waals surface area (Å²) in [6, 6.07) is 8.67. The first kappa shape index (κ1) is 19.0. The molecule has 0 saturated heterocycles. The van der Waals surface area contributed by atoms with Crippen LogP contribution in [0.25, 0.3) is 5.69 Å². The SMILES string of the molecule is Cc1ccc(-n2c(C)nnc2SC(C)C(=O)N(C)C2CCCCC2)cc1. The summed E-state index contributed by atoms with van der Waals surface area (Å²) in [5, 5.41) is 9.13. The second-order valence-corrected chi connectivity index (χ2v) is 8.51. The van der Waals surface area contributed by atoms with Crippen LogP contribution < -0.4 is 0 Å². The molecule has 0 spiro atoms. The number of aromatic nitrogens is 3. The highest BCUT2D eigenvalue weighted by molar-refractivity contribution is 8.00. The van der Waals surface area contributed by atoms with Gasteiger partial charge in [0, 0.05) is 18.8 Å². The lowest BCUT2D eigenvalue weighted by Gasteiger charge is -2.32. The van der Waals surface area contributed by atoms with Crippen molar-refractivity contribution in [3.63, 3.8) is 0 Å². The van der Waals surface area contributed by atoms with E-state index in [0.29, 0.717) is 6.04 Å². The van der Waals surface area contributed by atoms with Crippen LogP contribution in [-0.4, -0.2) is 43.9 Å². The van der Waals surface area contributed by atoms with E-state index < -0.39 is 0 Å². The zero-order chi connectivity index (χ0) is 18.7. The maximum atomic E-state index is 12.9. The normalized spacial score (nSPS) is 16.5. The molecule has 1 aliphatic rings. The van der Waals surface area contributed by atoms with E-state index in [-0.39, 0.29) is 11.2 Å². The maximum Gasteiger partial charge on any atom is 0.235 e. The first-order chi connectivity index (χ1) is 12.5. The average molecular weight is 373 g/mol. The van der Waals surface area contributed by atoms with E-state index in [4.69, 9.17) is 0 Å². The van der Waals surface area contributed by atoms with Crippen molar-refractivity contribution in [1.29, 1.82) is 0 Å². The lowest BCUT2D eigenvalue weighted by Crippen LogP contribution is -2.42. The summed E-state index contributed by atoms with van der Waals surface area (Å²) >= 11 is 1.49. The van der Waals surface area contributed by atoms with Crippen LogP contribution in [0.3, 0.4) is 0 Å². The first-order valence-electron chi connectivity index (χ1n) is 9.39. The van der Waals surface area contributed by atoms with Crippen LogP contribution in [0.4, 0.5) is 0 Å². The Bertz CT molecular complexity index is 750. The molecule has 1 unspecified atom stereocenters. The van der Waals surface area contributed by atoms with Crippen LogP contribution in [0.2, 0.25) is 0 Å². The quantitative estimate of drug-likeness (QED) is 0.740. The smallest absolute Gasteiger partial charge is 0.235 e. The van der Waals surface area contributed by atoms with E-state index in [0.717, 1.165) is 29.5 Å². The van der Waals surface area contributed by atoms with Gasteiger partial charge in [-0.05, 0) is 45.7 Å². The Morgan fingerprint density at radius 2 is 1.81 bits per heavy atom. The van der Waals surface area contributed by atoms with E-state index in [1.165, 1.54) is 36.6 Å². The fraction of sp³-hybridized carbons (Fsp3) is 0.550. The molecule has 1 fully saturated rings. The van der Waals surface area contributed by atoms with Crippen molar-refractivity contribution >= 4 is 17.7 Å². The molecule has 2 aromatic rings. The van der Waals surface area contributed by atoms with Gasteiger partial charge in [-0.25, -0.2) is 0 Å². The molecule has 1 heterocycles. The lowest BCUT2D eigenvalue weighted by molar-refractivity contribution is -0.131. The van der Waals surface area contributed by atoms with E-state index in [9.17, 15) is 4.79 Å². The number of benzene rings is 1. The fourth-order valence-corrected chi connectivity index (χ4v) is 4.57. The van der Waals surface area contributed by atoms with E-state index in [1.807, 2.05) is 30.4 Å². The third kappa shape index (κ3) is 4.11. The molecule has 0 bridgehead atoms. The Morgan fingerprint density at radius 3 is 2.46 bits per heavy atom. The number of hydrogen-bond acceptors (Lipinski definition) is 4. The van der Waals surface area contributed by atoms with Crippen molar-refractivity contribution in [2.75, 3.05) is 7.05 Å². The summed E-state index contributed by atoms with van der Waals surface area (Å²) in [6.07, 6.45) is 5.99. The number of rotatable bonds is 5. The molecular weight excluding hydrogens is 344 g/mol. The third-order valence-electron chi connectivity index (χ3n) is 5.19. The van der Waals surface area contributed by atoms with Crippen molar-refractivity contribution in [3.8, 4) is 5.69 Å². The highest BCUT2D eigenvalue weighted by Crippen LogP contribution is 2.28. The molecule has 1 atom stereocenters. The van der Waals surface area contributed by atoms with Gasteiger partial charge in [0.15, 0.2) is 5.16 Å². The van der Waals surface area contributed by atoms with Gasteiger partial charge in [-0.2, -0.15) is 0 Å². The zero-order valence-corrected chi connectivity index (χ0v) is 16.9. The Balaban J connectivity index is 1.74. The number of carbonyl (C=O) groups excluding carboxylic acids is 1. The minimum Gasteiger partial charge on any atom is -0.342 e. The number of nitrogens with zero attached hydrogens (tertiary/aromatic N) is 4. The number of amides is 1. The summed E-state index contributed by atoms with van der Waals surface area (Å²) < 4.78 is 2.02. The fourth-order valence-electron chi connectivity index (χ4n) is 3.55. The molecule has 1 amide bonds. The first-order valence-corrected chi connectivity index (χ1v) is 10.3. The predicted octanol–water partition coefficient (Wildman–Crippen LogP) is 4.16. The molecule has 1 saturated carbocycles. The third-order valence-corrected chi connectivity index (χ3v) is 6.22. The molecule has 1 aromatic carbocycles. The number of thioether (sulfide) groups is 1. The topological polar surface area (TPSA) is 51.0 Å². The van der Waals surface area contributed by atoms with Crippen LogP contribution in [0, 0.1) is 13.8 Å². The molecule has 6 heteroatoms. The number of hydrogen-bond donors (Lipinski definition) is 0. The Labute approximate surface area is 160 Å². The molecule has 3 rings (SSSR count). The van der Waals surface area contributed by atoms with Crippen LogP contribution in [-0.2, 0) is 4.79 Å². The molecule has 26 heavy (non-hydrogen) atoms. The second-order valence-electron chi connectivity index (χ2n) is 7.20. The summed E-state index contributed by atoms with van der Waals surface area (Å²) in [7, 11) is 1.95. The molecule has 5 nitrogen and oxygen atoms in total. The lowest BCUT2D eigenvalue weighted by atomic mass is 9.94. The highest BCUT2D eigenvalue weighted by Gasteiger charge is 2.27. The molecule has 0 N–H and O–H groups in total. The second kappa shape index (κ2) is 8.25. The molecule has 0 radical (unpaired) electrons. The molecule has 1 aromatic heterocycles. The molecular formula is C20H28N4OS. The van der Waals surface area contributed by atoms with Crippen molar-refractivity contribution in [2.45, 2.75) is 69.3 Å². The zero-order valence-electron chi connectivity index (χ0n) is 16.1. The van der Waals surface area contributed by atoms with Gasteiger partial charge in [0.1, 0.15) is 5.82 Å². The largest absolute Gasteiger partial charge is 0.342 e. The summed E-state index contributed by atoms with van der Waals surface area (Å²) in [5.74, 6) is 1.01. The monoisotopic (exact) mass is 372 g/mol. The molecule has 140 valence electrons. The Kier molecular flexibility index (Phi) is 6.01. The number of aryl methyl sites for hydroxylation is 2. The minimum absolute atomic E-state index is 0.179. The molecule has 0 aliphatic heterocycles. The average Bonchev–Trinajstić information content (AvgIpc) is 3.02. The maximum absolute atomic E-state index is 12.9. The summed E-state index contributed by atoms with van der Waals surface area (Å²) in [6.45, 7) is 5.98. The summed E-state index contributed by atoms with van der Waals surface area (Å²) in [4.78, 5) is 14.8. The highest BCUT2D eigenvalue weighted by atomic mass is 32.2. The minimum atomic E-state index is -0.185. The van der Waals surface area contributed by atoms with Crippen molar-refractivity contribution in [1.82, 2.24) is 19.7 Å². The molecule has 1 aliphatic carbocycles. The Morgan fingerprint density at radius 1 is 1.15 bits per heavy atom. The van der Waals surface area contributed by atoms with E-state index in [1.54, 1.807) is 0 Å². The van der Waals surface area contributed by atoms with Gasteiger partial charge in [-0.15, -0.1) is 10.2 Å². The van der Waals surface area contributed by atoms with Gasteiger partial charge in [0.05, 0.1) is 5.25 Å². The van der Waals surface area contributed by atoms with Gasteiger partial charge >= 0.3 is 0 Å². The van der Waals surface area contributed by atoms with Crippen molar-refractivity contribution in [3.05, 3.63) is 35.7 Å². The number of carbonyl (C=O) groups is 1. The summed E-state index contributed by atoms with van der Waals surface area (Å²) in [5.41, 5.74) is 2.24. The van der Waals surface area contributed by atoms with Gasteiger partial charge in [0.25, 0.3) is 0 Å². The van der Waals surface area contributed by atoms with Gasteiger partial charge < -0.3 is 4.90 Å². The van der Waals surface area contributed by atoms with Crippen molar-refractivity contribution in [2.24, 2.45) is 0 Å². The Hall–Kier alpha value is -1.82. The van der Waals surface area contributed by atoms with E-state index in [2.05, 4.69) is 41.4 Å². The van der Waals surface area contributed by atoms with E-state index >= 15 is 0 Å². The van der Waals surface area contributed by atoms with Crippen molar-refractivity contribution < 1.29 is 4.79 Å².